The number of aromatic nitrogens is 4. The fourth-order valence-electron chi connectivity index (χ4n) is 18.4. The predicted molar refractivity (Wildman–Crippen MR) is 461 cm³/mol. The van der Waals surface area contributed by atoms with E-state index in [1.165, 1.54) is 218 Å². The van der Waals surface area contributed by atoms with Crippen molar-refractivity contribution in [2.75, 3.05) is 0 Å². The topological polar surface area (TPSA) is 19.7 Å². The molecule has 0 bridgehead atoms. The van der Waals surface area contributed by atoms with E-state index in [2.05, 4.69) is 407 Å². The molecular weight excluding hydrogens is 1310 g/mol. The van der Waals surface area contributed by atoms with Crippen LogP contribution in [0.5, 0.6) is 0 Å². The van der Waals surface area contributed by atoms with Crippen LogP contribution in [0, 0.1) is 0 Å². The molecule has 0 fully saturated rings. The minimum atomic E-state index is 1.17. The maximum Gasteiger partial charge on any atom is 0.0618 e. The van der Waals surface area contributed by atoms with Gasteiger partial charge < -0.3 is 18.3 Å². The first-order valence-corrected chi connectivity index (χ1v) is 37.4. The molecule has 0 N–H and O–H groups in total. The largest absolute Gasteiger partial charge is 0.309 e. The van der Waals surface area contributed by atoms with Gasteiger partial charge in [-0.25, -0.2) is 0 Å². The summed E-state index contributed by atoms with van der Waals surface area (Å²) in [5, 5.41) is 30.2. The molecule has 4 aromatic heterocycles. The summed E-state index contributed by atoms with van der Waals surface area (Å²) >= 11 is 0. The van der Waals surface area contributed by atoms with Gasteiger partial charge >= 0.3 is 0 Å². The SMILES string of the molecule is c1ccc2c(-n3c4ccccc4c4cc(-c5ccc6c(c5)c5ccccc5n6-c5c6ccccc6cc6ccccc56)ccc43)c3ccccc3cc2c1.c1ccc2c(c1)ccc1cc(-n3c4ccccc4c4cc(-c5ccc6c(c5)c5ccccc5n6-c5ccc6c(ccc7ccccc76)c5)ccc43)ccc12. The summed E-state index contributed by atoms with van der Waals surface area (Å²) in [6.45, 7) is 0. The third-order valence-corrected chi connectivity index (χ3v) is 23.3. The van der Waals surface area contributed by atoms with Gasteiger partial charge in [0.25, 0.3) is 0 Å². The molecule has 0 aliphatic rings. The number of rotatable bonds is 6. The summed E-state index contributed by atoms with van der Waals surface area (Å²) in [5.74, 6) is 0. The van der Waals surface area contributed by atoms with Crippen LogP contribution in [0.3, 0.4) is 0 Å². The molecule has 4 nitrogen and oxygen atoms in total. The number of fused-ring (bicyclic) bond motifs is 22. The molecule has 0 saturated heterocycles. The van der Waals surface area contributed by atoms with E-state index >= 15 is 0 Å². The third-order valence-electron chi connectivity index (χ3n) is 23.3. The van der Waals surface area contributed by atoms with Crippen molar-refractivity contribution >= 4 is 173 Å². The second-order valence-corrected chi connectivity index (χ2v) is 29.1. The zero-order valence-electron chi connectivity index (χ0n) is 58.7. The summed E-state index contributed by atoms with van der Waals surface area (Å²) in [4.78, 5) is 0. The van der Waals surface area contributed by atoms with E-state index in [0.717, 1.165) is 0 Å². The maximum atomic E-state index is 2.49. The molecule has 500 valence electrons. The Kier molecular flexibility index (Phi) is 13.1. The average molecular weight is 1370 g/mol. The van der Waals surface area contributed by atoms with Crippen LogP contribution < -0.4 is 0 Å². The third kappa shape index (κ3) is 9.11. The lowest BCUT2D eigenvalue weighted by atomic mass is 9.99. The second-order valence-electron chi connectivity index (χ2n) is 29.1. The molecule has 4 heteroatoms. The van der Waals surface area contributed by atoms with Crippen LogP contribution in [0.1, 0.15) is 0 Å². The smallest absolute Gasteiger partial charge is 0.0618 e. The summed E-state index contributed by atoms with van der Waals surface area (Å²) in [7, 11) is 0. The molecule has 0 saturated carbocycles. The molecule has 24 rings (SSSR count). The van der Waals surface area contributed by atoms with Crippen molar-refractivity contribution in [2.24, 2.45) is 0 Å². The van der Waals surface area contributed by atoms with E-state index in [1.807, 2.05) is 0 Å². The number of para-hydroxylation sites is 4. The number of nitrogens with zero attached hydrogens (tertiary/aromatic N) is 4. The van der Waals surface area contributed by atoms with Gasteiger partial charge in [0, 0.05) is 76.0 Å². The Morgan fingerprint density at radius 2 is 0.343 bits per heavy atom. The Morgan fingerprint density at radius 3 is 0.667 bits per heavy atom. The molecule has 0 unspecified atom stereocenters. The highest BCUT2D eigenvalue weighted by Gasteiger charge is 2.23. The van der Waals surface area contributed by atoms with Crippen molar-refractivity contribution < 1.29 is 0 Å². The quantitative estimate of drug-likeness (QED) is 0.117. The van der Waals surface area contributed by atoms with Crippen LogP contribution in [0.2, 0.25) is 0 Å². The van der Waals surface area contributed by atoms with Crippen LogP contribution >= 0.6 is 0 Å². The molecule has 0 atom stereocenters. The predicted octanol–water partition coefficient (Wildman–Crippen LogP) is 28.3. The van der Waals surface area contributed by atoms with Gasteiger partial charge in [0.1, 0.15) is 0 Å². The molecule has 4 heterocycles. The lowest BCUT2D eigenvalue weighted by Crippen LogP contribution is -1.97. The lowest BCUT2D eigenvalue weighted by molar-refractivity contribution is 1.19. The van der Waals surface area contributed by atoms with Gasteiger partial charge in [-0.05, 0) is 196 Å². The van der Waals surface area contributed by atoms with Gasteiger partial charge in [-0.2, -0.15) is 0 Å². The molecule has 0 spiro atoms. The maximum absolute atomic E-state index is 2.49. The Balaban J connectivity index is 0.000000130. The molecule has 0 aliphatic carbocycles. The van der Waals surface area contributed by atoms with E-state index in [9.17, 15) is 0 Å². The Bertz CT molecular complexity index is 7370. The van der Waals surface area contributed by atoms with Gasteiger partial charge in [0.2, 0.25) is 0 Å². The zero-order valence-corrected chi connectivity index (χ0v) is 58.7. The van der Waals surface area contributed by atoms with Crippen molar-refractivity contribution in [3.05, 3.63) is 388 Å². The van der Waals surface area contributed by atoms with Gasteiger partial charge in [-0.1, -0.05) is 279 Å². The number of hydrogen-bond donors (Lipinski definition) is 0. The highest BCUT2D eigenvalue weighted by atomic mass is 15.0. The van der Waals surface area contributed by atoms with Crippen molar-refractivity contribution in [3.8, 4) is 45.0 Å². The van der Waals surface area contributed by atoms with Crippen LogP contribution in [0.25, 0.3) is 218 Å². The Hall–Kier alpha value is -14.3. The van der Waals surface area contributed by atoms with Crippen LogP contribution in [-0.4, -0.2) is 18.3 Å². The van der Waals surface area contributed by atoms with Gasteiger partial charge in [0.15, 0.2) is 0 Å². The average Bonchev–Trinajstić information content (AvgIpc) is 1.53. The van der Waals surface area contributed by atoms with E-state index in [0.29, 0.717) is 0 Å². The van der Waals surface area contributed by atoms with Crippen LogP contribution in [-0.2, 0) is 0 Å². The summed E-state index contributed by atoms with van der Waals surface area (Å²) in [5.41, 5.74) is 19.4. The molecule has 20 aromatic carbocycles. The summed E-state index contributed by atoms with van der Waals surface area (Å²) < 4.78 is 9.83. The fraction of sp³-hybridized carbons (Fsp3) is 0. The van der Waals surface area contributed by atoms with E-state index in [-0.39, 0.29) is 0 Å². The first-order valence-electron chi connectivity index (χ1n) is 37.4. The summed E-state index contributed by atoms with van der Waals surface area (Å²) in [6.07, 6.45) is 0. The van der Waals surface area contributed by atoms with Crippen molar-refractivity contribution in [1.29, 1.82) is 0 Å². The standard InChI is InChI=1S/2C52H32N2/c1-5-17-39-35(13-1)29-36-14-2-6-18-40(36)51(39)53-47-23-11-9-21-43(47)45-31-33(25-27-49(45)53)34-26-28-50-46(32-34)44-22-10-12-24-48(44)54(50)52-41-19-7-3-15-37(41)30-38-16-4-8-20-42(38)52;1-3-11-41-33(9-1)17-19-37-29-39(23-25-43(37)41)53-49-15-7-5-13-45(49)47-31-35(21-27-51(47)53)36-22-28-52-48(32-36)46-14-6-8-16-50(46)54(52)40-24-26-44-38(30-40)20-18-34-10-2-4-12-42(34)44/h2*1-32H. The molecular formula is C104H64N4. The molecule has 24 aromatic rings. The number of hydrogen-bond acceptors (Lipinski definition) is 0. The van der Waals surface area contributed by atoms with E-state index in [4.69, 9.17) is 0 Å². The van der Waals surface area contributed by atoms with Gasteiger partial charge in [-0.3, -0.25) is 0 Å². The molecule has 108 heavy (non-hydrogen) atoms. The number of benzene rings is 20. The molecule has 0 amide bonds. The van der Waals surface area contributed by atoms with Crippen molar-refractivity contribution in [2.45, 2.75) is 0 Å². The monoisotopic (exact) mass is 1370 g/mol. The van der Waals surface area contributed by atoms with Gasteiger partial charge in [0.05, 0.1) is 55.5 Å². The Morgan fingerprint density at radius 1 is 0.120 bits per heavy atom. The first kappa shape index (κ1) is 60.1. The minimum Gasteiger partial charge on any atom is -0.309 e. The highest BCUT2D eigenvalue weighted by Crippen LogP contribution is 2.46. The van der Waals surface area contributed by atoms with Gasteiger partial charge in [-0.15, -0.1) is 0 Å². The summed E-state index contributed by atoms with van der Waals surface area (Å²) in [6, 6.07) is 143. The zero-order chi connectivity index (χ0) is 70.7. The molecule has 0 aliphatic heterocycles. The van der Waals surface area contributed by atoms with Crippen molar-refractivity contribution in [1.82, 2.24) is 18.3 Å². The highest BCUT2D eigenvalue weighted by molar-refractivity contribution is 6.20. The van der Waals surface area contributed by atoms with E-state index in [1.54, 1.807) is 0 Å². The normalized spacial score (nSPS) is 12.1. The lowest BCUT2D eigenvalue weighted by Gasteiger charge is -2.16. The Labute approximate surface area is 620 Å². The first-order chi connectivity index (χ1) is 53.6. The fourth-order valence-corrected chi connectivity index (χ4v) is 18.4. The van der Waals surface area contributed by atoms with Crippen molar-refractivity contribution in [3.63, 3.8) is 0 Å². The van der Waals surface area contributed by atoms with Crippen LogP contribution in [0.4, 0.5) is 0 Å². The minimum absolute atomic E-state index is 1.17. The van der Waals surface area contributed by atoms with E-state index < -0.39 is 0 Å². The second kappa shape index (κ2) is 23.6. The molecule has 0 radical (unpaired) electrons. The van der Waals surface area contributed by atoms with Crippen LogP contribution in [0.15, 0.2) is 388 Å².